The predicted octanol–water partition coefficient (Wildman–Crippen LogP) is 1.26. The molecule has 9 heteroatoms. The van der Waals surface area contributed by atoms with E-state index in [0.29, 0.717) is 16.6 Å². The number of hydrazine groups is 1. The molecule has 0 saturated carbocycles. The van der Waals surface area contributed by atoms with Crippen molar-refractivity contribution in [1.29, 1.82) is 0 Å². The molecule has 0 radical (unpaired) electrons. The molecule has 0 aliphatic carbocycles. The van der Waals surface area contributed by atoms with Crippen LogP contribution in [0.2, 0.25) is 0 Å². The van der Waals surface area contributed by atoms with E-state index in [4.69, 9.17) is 0 Å². The van der Waals surface area contributed by atoms with Gasteiger partial charge in [0.1, 0.15) is 5.56 Å². The number of benzene rings is 2. The first-order valence-electron chi connectivity index (χ1n) is 9.12. The lowest BCUT2D eigenvalue weighted by molar-refractivity contribution is -0.121. The quantitative estimate of drug-likeness (QED) is 0.447. The third kappa shape index (κ3) is 3.44. The fraction of sp³-hybridized carbons (Fsp3) is 0.0952. The van der Waals surface area contributed by atoms with Crippen LogP contribution in [0.5, 0.6) is 0 Å². The maximum Gasteiger partial charge on any atom is 0.275 e. The molecule has 1 fully saturated rings. The summed E-state index contributed by atoms with van der Waals surface area (Å²) < 4.78 is 0. The van der Waals surface area contributed by atoms with E-state index in [2.05, 4.69) is 15.8 Å². The highest BCUT2D eigenvalue weighted by atomic mass is 16.2. The first kappa shape index (κ1) is 19.1. The molecule has 1 aromatic heterocycles. The number of pyridine rings is 1. The second kappa shape index (κ2) is 7.63. The summed E-state index contributed by atoms with van der Waals surface area (Å²) in [5, 5.41) is 0.359. The van der Waals surface area contributed by atoms with E-state index in [1.165, 1.54) is 30.5 Å². The number of anilines is 1. The number of carbonyl (C=O) groups excluding carboxylic acids is 4. The smallest absolute Gasteiger partial charge is 0.275 e. The van der Waals surface area contributed by atoms with Gasteiger partial charge in [-0.2, -0.15) is 0 Å². The average Bonchev–Trinajstić information content (AvgIpc) is 3.10. The number of amides is 4. The number of fused-ring (bicyclic) bond motifs is 1. The third-order valence-electron chi connectivity index (χ3n) is 4.76. The van der Waals surface area contributed by atoms with Gasteiger partial charge in [0.2, 0.25) is 17.2 Å². The van der Waals surface area contributed by atoms with Crippen LogP contribution in [0.25, 0.3) is 10.9 Å². The van der Waals surface area contributed by atoms with Crippen molar-refractivity contribution in [3.05, 3.63) is 76.1 Å². The SMILES string of the molecule is O=C(NNC(=O)c1c[nH]c2ccccc2c1=O)c1ccc(N2C(=O)CCC2=O)cc1. The molecule has 9 nitrogen and oxygen atoms in total. The van der Waals surface area contributed by atoms with Crippen molar-refractivity contribution >= 4 is 40.2 Å². The minimum atomic E-state index is -0.764. The summed E-state index contributed by atoms with van der Waals surface area (Å²) in [7, 11) is 0. The van der Waals surface area contributed by atoms with Gasteiger partial charge < -0.3 is 4.98 Å². The Morgan fingerprint density at radius 2 is 1.47 bits per heavy atom. The zero-order chi connectivity index (χ0) is 21.3. The molecule has 0 unspecified atom stereocenters. The van der Waals surface area contributed by atoms with Crippen LogP contribution in [0.15, 0.2) is 59.5 Å². The van der Waals surface area contributed by atoms with Gasteiger partial charge >= 0.3 is 0 Å². The van der Waals surface area contributed by atoms with Crippen molar-refractivity contribution in [3.8, 4) is 0 Å². The molecular formula is C21H16N4O5. The highest BCUT2D eigenvalue weighted by Gasteiger charge is 2.30. The normalized spacial score (nSPS) is 13.5. The summed E-state index contributed by atoms with van der Waals surface area (Å²) in [4.78, 5) is 64.5. The van der Waals surface area contributed by atoms with Gasteiger partial charge in [-0.15, -0.1) is 0 Å². The molecule has 2 heterocycles. The highest BCUT2D eigenvalue weighted by Crippen LogP contribution is 2.22. The summed E-state index contributed by atoms with van der Waals surface area (Å²) in [6, 6.07) is 12.6. The topological polar surface area (TPSA) is 128 Å². The first-order valence-corrected chi connectivity index (χ1v) is 9.12. The minimum Gasteiger partial charge on any atom is -0.360 e. The zero-order valence-corrected chi connectivity index (χ0v) is 15.6. The summed E-state index contributed by atoms with van der Waals surface area (Å²) in [6.07, 6.45) is 1.62. The Kier molecular flexibility index (Phi) is 4.85. The van der Waals surface area contributed by atoms with Crippen molar-refractivity contribution < 1.29 is 19.2 Å². The second-order valence-corrected chi connectivity index (χ2v) is 6.66. The van der Waals surface area contributed by atoms with Crippen molar-refractivity contribution in [2.24, 2.45) is 0 Å². The molecule has 3 aromatic rings. The van der Waals surface area contributed by atoms with Crippen LogP contribution >= 0.6 is 0 Å². The van der Waals surface area contributed by atoms with Crippen LogP contribution in [0, 0.1) is 0 Å². The lowest BCUT2D eigenvalue weighted by Crippen LogP contribution is -2.43. The Labute approximate surface area is 169 Å². The summed E-state index contributed by atoms with van der Waals surface area (Å²) in [6.45, 7) is 0. The Balaban J connectivity index is 1.44. The van der Waals surface area contributed by atoms with Gasteiger partial charge in [0.25, 0.3) is 11.8 Å². The molecule has 1 saturated heterocycles. The summed E-state index contributed by atoms with van der Waals surface area (Å²) in [5.74, 6) is -1.96. The number of para-hydroxylation sites is 1. The molecular weight excluding hydrogens is 388 g/mol. The van der Waals surface area contributed by atoms with E-state index in [1.54, 1.807) is 24.3 Å². The van der Waals surface area contributed by atoms with Crippen molar-refractivity contribution in [2.45, 2.75) is 12.8 Å². The van der Waals surface area contributed by atoms with Gasteiger partial charge in [0.05, 0.1) is 5.69 Å². The molecule has 1 aliphatic heterocycles. The molecule has 0 bridgehead atoms. The van der Waals surface area contributed by atoms with Crippen molar-refractivity contribution in [1.82, 2.24) is 15.8 Å². The number of H-pyrrole nitrogens is 1. The molecule has 150 valence electrons. The number of rotatable bonds is 3. The fourth-order valence-electron chi connectivity index (χ4n) is 3.22. The lowest BCUT2D eigenvalue weighted by atomic mass is 10.1. The minimum absolute atomic E-state index is 0.143. The van der Waals surface area contributed by atoms with Crippen LogP contribution in [-0.2, 0) is 9.59 Å². The Hall–Kier alpha value is -4.27. The van der Waals surface area contributed by atoms with Gasteiger partial charge in [-0.1, -0.05) is 12.1 Å². The number of carbonyl (C=O) groups is 4. The van der Waals surface area contributed by atoms with E-state index in [9.17, 15) is 24.0 Å². The maximum absolute atomic E-state index is 12.4. The Morgan fingerprint density at radius 1 is 0.833 bits per heavy atom. The molecule has 0 atom stereocenters. The number of aromatic amines is 1. The number of hydrogen-bond donors (Lipinski definition) is 3. The number of nitrogens with zero attached hydrogens (tertiary/aromatic N) is 1. The second-order valence-electron chi connectivity index (χ2n) is 6.66. The van der Waals surface area contributed by atoms with Gasteiger partial charge in [0.15, 0.2) is 0 Å². The standard InChI is InChI=1S/C21H16N4O5/c26-17-9-10-18(27)25(17)13-7-5-12(6-8-13)20(29)23-24-21(30)15-11-22-16-4-2-1-3-14(16)19(15)28/h1-8,11H,9-10H2,(H,22,28)(H,23,29)(H,24,30). The van der Waals surface area contributed by atoms with E-state index in [0.717, 1.165) is 4.90 Å². The summed E-state index contributed by atoms with van der Waals surface area (Å²) in [5.41, 5.74) is 5.02. The van der Waals surface area contributed by atoms with Crippen LogP contribution in [0.4, 0.5) is 5.69 Å². The van der Waals surface area contributed by atoms with Crippen LogP contribution in [-0.4, -0.2) is 28.6 Å². The Bertz CT molecular complexity index is 1230. The van der Waals surface area contributed by atoms with Crippen LogP contribution < -0.4 is 21.2 Å². The molecule has 3 N–H and O–H groups in total. The lowest BCUT2D eigenvalue weighted by Gasteiger charge is -2.14. The molecule has 2 aromatic carbocycles. The molecule has 0 spiro atoms. The van der Waals surface area contributed by atoms with Gasteiger partial charge in [-0.05, 0) is 36.4 Å². The van der Waals surface area contributed by atoms with Gasteiger partial charge in [0, 0.05) is 35.5 Å². The molecule has 30 heavy (non-hydrogen) atoms. The van der Waals surface area contributed by atoms with Crippen molar-refractivity contribution in [2.75, 3.05) is 4.90 Å². The molecule has 4 amide bonds. The van der Waals surface area contributed by atoms with Crippen LogP contribution in [0.3, 0.4) is 0 Å². The fourth-order valence-corrected chi connectivity index (χ4v) is 3.22. The number of hydrogen-bond acceptors (Lipinski definition) is 5. The predicted molar refractivity (Wildman–Crippen MR) is 108 cm³/mol. The van der Waals surface area contributed by atoms with Crippen molar-refractivity contribution in [3.63, 3.8) is 0 Å². The monoisotopic (exact) mass is 404 g/mol. The van der Waals surface area contributed by atoms with E-state index >= 15 is 0 Å². The number of nitrogens with one attached hydrogen (secondary N) is 3. The molecule has 4 rings (SSSR count). The van der Waals surface area contributed by atoms with E-state index in [1.807, 2.05) is 0 Å². The summed E-state index contributed by atoms with van der Waals surface area (Å²) >= 11 is 0. The first-order chi connectivity index (χ1) is 14.5. The van der Waals surface area contributed by atoms with Crippen LogP contribution in [0.1, 0.15) is 33.6 Å². The van der Waals surface area contributed by atoms with E-state index < -0.39 is 17.2 Å². The van der Waals surface area contributed by atoms with Gasteiger partial charge in [-0.3, -0.25) is 39.7 Å². The average molecular weight is 404 g/mol. The highest BCUT2D eigenvalue weighted by molar-refractivity contribution is 6.19. The Morgan fingerprint density at radius 3 is 2.17 bits per heavy atom. The number of aromatic nitrogens is 1. The number of imide groups is 1. The van der Waals surface area contributed by atoms with Gasteiger partial charge in [-0.25, -0.2) is 0 Å². The van der Waals surface area contributed by atoms with E-state index in [-0.39, 0.29) is 35.8 Å². The molecule has 1 aliphatic rings. The largest absolute Gasteiger partial charge is 0.360 e. The third-order valence-corrected chi connectivity index (χ3v) is 4.76. The zero-order valence-electron chi connectivity index (χ0n) is 15.6. The maximum atomic E-state index is 12.4.